The summed E-state index contributed by atoms with van der Waals surface area (Å²) in [5, 5.41) is 0.250. The lowest BCUT2D eigenvalue weighted by Gasteiger charge is -2.35. The van der Waals surface area contributed by atoms with E-state index >= 15 is 0 Å². The summed E-state index contributed by atoms with van der Waals surface area (Å²) in [4.78, 5) is 21.7. The molecule has 1 atom stereocenters. The minimum Gasteiger partial charge on any atom is -0.353 e. The fraction of sp³-hybridized carbons (Fsp3) is 0.583. The van der Waals surface area contributed by atoms with Crippen molar-refractivity contribution >= 4 is 23.7 Å². The molecule has 17 heavy (non-hydrogen) atoms. The van der Waals surface area contributed by atoms with Crippen LogP contribution < -0.4 is 4.90 Å². The second-order valence-electron chi connectivity index (χ2n) is 4.45. The Balaban J connectivity index is 2.45. The molecule has 0 aromatic carbocycles. The van der Waals surface area contributed by atoms with Crippen molar-refractivity contribution in [3.63, 3.8) is 0 Å². The van der Waals surface area contributed by atoms with Gasteiger partial charge < -0.3 is 4.90 Å². The Morgan fingerprint density at radius 3 is 2.82 bits per heavy atom. The van der Waals surface area contributed by atoms with Crippen molar-refractivity contribution in [2.24, 2.45) is 0 Å². The fourth-order valence-electron chi connectivity index (χ4n) is 2.27. The minimum atomic E-state index is 0.250. The highest BCUT2D eigenvalue weighted by molar-refractivity contribution is 6.32. The Morgan fingerprint density at radius 1 is 1.41 bits per heavy atom. The van der Waals surface area contributed by atoms with E-state index in [0.29, 0.717) is 23.2 Å². The fourth-order valence-corrected chi connectivity index (χ4v) is 2.52. The Morgan fingerprint density at radius 2 is 2.18 bits per heavy atom. The minimum absolute atomic E-state index is 0.250. The summed E-state index contributed by atoms with van der Waals surface area (Å²) < 4.78 is 0. The van der Waals surface area contributed by atoms with Crippen LogP contribution in [-0.2, 0) is 0 Å². The number of hydrogen-bond donors (Lipinski definition) is 0. The van der Waals surface area contributed by atoms with Crippen molar-refractivity contribution in [3.05, 3.63) is 16.5 Å². The molecule has 2 rings (SSSR count). The van der Waals surface area contributed by atoms with Crippen molar-refractivity contribution in [2.45, 2.75) is 39.2 Å². The predicted molar refractivity (Wildman–Crippen MR) is 67.8 cm³/mol. The van der Waals surface area contributed by atoms with Crippen LogP contribution in [0.15, 0.2) is 0 Å². The van der Waals surface area contributed by atoms with E-state index in [1.54, 1.807) is 6.92 Å². The highest BCUT2D eigenvalue weighted by Gasteiger charge is 2.24. The lowest BCUT2D eigenvalue weighted by molar-refractivity contribution is 0.112. The SMILES string of the molecule is Cc1nc(Cl)c(C=O)c(N2CCCCC2C)n1. The number of piperidine rings is 1. The van der Waals surface area contributed by atoms with Crippen LogP contribution in [0, 0.1) is 6.92 Å². The van der Waals surface area contributed by atoms with Crippen molar-refractivity contribution in [2.75, 3.05) is 11.4 Å². The topological polar surface area (TPSA) is 46.1 Å². The van der Waals surface area contributed by atoms with Gasteiger partial charge in [0, 0.05) is 12.6 Å². The molecule has 0 radical (unpaired) electrons. The molecule has 0 N–H and O–H groups in total. The van der Waals surface area contributed by atoms with Crippen molar-refractivity contribution in [3.8, 4) is 0 Å². The molecule has 92 valence electrons. The Kier molecular flexibility index (Phi) is 3.62. The molecule has 1 unspecified atom stereocenters. The van der Waals surface area contributed by atoms with Crippen LogP contribution in [0.1, 0.15) is 42.4 Å². The number of rotatable bonds is 2. The monoisotopic (exact) mass is 253 g/mol. The molecule has 2 heterocycles. The van der Waals surface area contributed by atoms with Crippen LogP contribution in [0.2, 0.25) is 5.15 Å². The lowest BCUT2D eigenvalue weighted by atomic mass is 10.0. The normalized spacial score (nSPS) is 20.4. The summed E-state index contributed by atoms with van der Waals surface area (Å²) in [6.45, 7) is 4.87. The summed E-state index contributed by atoms with van der Waals surface area (Å²) in [5.41, 5.74) is 0.408. The first-order chi connectivity index (χ1) is 8.13. The van der Waals surface area contributed by atoms with Crippen molar-refractivity contribution in [1.82, 2.24) is 9.97 Å². The molecular weight excluding hydrogens is 238 g/mol. The van der Waals surface area contributed by atoms with E-state index in [1.165, 1.54) is 6.42 Å². The lowest BCUT2D eigenvalue weighted by Crippen LogP contribution is -2.38. The van der Waals surface area contributed by atoms with Gasteiger partial charge in [0.1, 0.15) is 16.8 Å². The van der Waals surface area contributed by atoms with Gasteiger partial charge in [-0.25, -0.2) is 9.97 Å². The summed E-state index contributed by atoms with van der Waals surface area (Å²) in [6, 6.07) is 0.396. The number of hydrogen-bond acceptors (Lipinski definition) is 4. The van der Waals surface area contributed by atoms with Gasteiger partial charge in [-0.3, -0.25) is 4.79 Å². The maximum absolute atomic E-state index is 11.1. The second kappa shape index (κ2) is 5.00. The maximum atomic E-state index is 11.1. The van der Waals surface area contributed by atoms with Crippen molar-refractivity contribution < 1.29 is 4.79 Å². The average Bonchev–Trinajstić information content (AvgIpc) is 2.28. The van der Waals surface area contributed by atoms with Crippen LogP contribution in [0.5, 0.6) is 0 Å². The summed E-state index contributed by atoms with van der Waals surface area (Å²) in [6.07, 6.45) is 4.23. The number of carbonyl (C=O) groups is 1. The second-order valence-corrected chi connectivity index (χ2v) is 4.81. The number of aldehydes is 1. The highest BCUT2D eigenvalue weighted by atomic mass is 35.5. The predicted octanol–water partition coefficient (Wildman–Crippen LogP) is 2.63. The van der Waals surface area contributed by atoms with E-state index < -0.39 is 0 Å². The number of carbonyl (C=O) groups excluding carboxylic acids is 1. The van der Waals surface area contributed by atoms with Gasteiger partial charge in [0.15, 0.2) is 6.29 Å². The first-order valence-electron chi connectivity index (χ1n) is 5.89. The zero-order valence-electron chi connectivity index (χ0n) is 10.1. The van der Waals surface area contributed by atoms with Crippen LogP contribution in [0.4, 0.5) is 5.82 Å². The molecule has 0 saturated carbocycles. The molecule has 0 amide bonds. The Bertz CT molecular complexity index is 436. The van der Waals surface area contributed by atoms with E-state index in [-0.39, 0.29) is 5.15 Å². The van der Waals surface area contributed by atoms with E-state index in [9.17, 15) is 4.79 Å². The zero-order chi connectivity index (χ0) is 12.4. The van der Waals surface area contributed by atoms with E-state index in [0.717, 1.165) is 25.7 Å². The number of halogens is 1. The number of anilines is 1. The van der Waals surface area contributed by atoms with Gasteiger partial charge in [0.2, 0.25) is 0 Å². The van der Waals surface area contributed by atoms with Gasteiger partial charge in [-0.1, -0.05) is 11.6 Å². The summed E-state index contributed by atoms with van der Waals surface area (Å²) in [7, 11) is 0. The van der Waals surface area contributed by atoms with E-state index in [2.05, 4.69) is 21.8 Å². The Labute approximate surface area is 106 Å². The molecule has 1 aliphatic heterocycles. The first-order valence-corrected chi connectivity index (χ1v) is 6.27. The van der Waals surface area contributed by atoms with Gasteiger partial charge in [0.05, 0.1) is 5.56 Å². The van der Waals surface area contributed by atoms with Crippen LogP contribution in [0.25, 0.3) is 0 Å². The van der Waals surface area contributed by atoms with Crippen LogP contribution in [-0.4, -0.2) is 28.8 Å². The van der Waals surface area contributed by atoms with Gasteiger partial charge >= 0.3 is 0 Å². The van der Waals surface area contributed by atoms with E-state index in [1.807, 2.05) is 0 Å². The molecule has 1 aliphatic rings. The van der Waals surface area contributed by atoms with Crippen LogP contribution in [0.3, 0.4) is 0 Å². The van der Waals surface area contributed by atoms with Gasteiger partial charge in [-0.05, 0) is 33.1 Å². The summed E-state index contributed by atoms with van der Waals surface area (Å²) in [5.74, 6) is 1.29. The summed E-state index contributed by atoms with van der Waals surface area (Å²) >= 11 is 5.99. The third-order valence-electron chi connectivity index (χ3n) is 3.18. The largest absolute Gasteiger partial charge is 0.353 e. The standard InChI is InChI=1S/C12H16ClN3O/c1-8-5-3-4-6-16(8)12-10(7-17)11(13)14-9(2)15-12/h7-8H,3-6H2,1-2H3. The van der Waals surface area contributed by atoms with Gasteiger partial charge in [-0.15, -0.1) is 0 Å². The molecular formula is C12H16ClN3O. The molecule has 0 aliphatic carbocycles. The molecule has 1 aromatic rings. The number of nitrogens with zero attached hydrogens (tertiary/aromatic N) is 3. The Hall–Kier alpha value is -1.16. The quantitative estimate of drug-likeness (QED) is 0.600. The highest BCUT2D eigenvalue weighted by Crippen LogP contribution is 2.28. The maximum Gasteiger partial charge on any atom is 0.156 e. The molecule has 0 spiro atoms. The van der Waals surface area contributed by atoms with Crippen LogP contribution >= 0.6 is 11.6 Å². The van der Waals surface area contributed by atoms with E-state index in [4.69, 9.17) is 11.6 Å². The third-order valence-corrected chi connectivity index (χ3v) is 3.47. The molecule has 4 nitrogen and oxygen atoms in total. The molecule has 1 fully saturated rings. The first kappa shape index (κ1) is 12.3. The molecule has 0 bridgehead atoms. The zero-order valence-corrected chi connectivity index (χ0v) is 10.9. The molecule has 1 aromatic heterocycles. The number of aryl methyl sites for hydroxylation is 1. The van der Waals surface area contributed by atoms with Crippen molar-refractivity contribution in [1.29, 1.82) is 0 Å². The average molecular weight is 254 g/mol. The smallest absolute Gasteiger partial charge is 0.156 e. The molecule has 1 saturated heterocycles. The third kappa shape index (κ3) is 2.41. The number of aromatic nitrogens is 2. The molecule has 5 heteroatoms. The van der Waals surface area contributed by atoms with Gasteiger partial charge in [0.25, 0.3) is 0 Å². The van der Waals surface area contributed by atoms with Gasteiger partial charge in [-0.2, -0.15) is 0 Å².